The molecule has 0 aromatic carbocycles. The molecule has 0 bridgehead atoms. The van der Waals surface area contributed by atoms with Gasteiger partial charge in [-0.3, -0.25) is 4.79 Å². The Labute approximate surface area is 107 Å². The molecule has 1 saturated carbocycles. The summed E-state index contributed by atoms with van der Waals surface area (Å²) in [5.41, 5.74) is 5.88. The number of nitrogens with one attached hydrogen (secondary N) is 1. The lowest BCUT2D eigenvalue weighted by atomic mass is 9.94. The monoisotopic (exact) mass is 251 g/mol. The van der Waals surface area contributed by atoms with Crippen LogP contribution in [-0.4, -0.2) is 26.2 Å². The van der Waals surface area contributed by atoms with Crippen LogP contribution >= 0.6 is 0 Å². The number of aryl methyl sites for hydroxylation is 1. The number of carbonyl (C=O) groups is 1. The van der Waals surface area contributed by atoms with E-state index in [1.807, 2.05) is 11.5 Å². The van der Waals surface area contributed by atoms with Crippen molar-refractivity contribution in [3.05, 3.63) is 12.2 Å². The Morgan fingerprint density at radius 2 is 2.28 bits per heavy atom. The van der Waals surface area contributed by atoms with E-state index in [0.29, 0.717) is 13.0 Å². The first-order valence-electron chi connectivity index (χ1n) is 6.55. The number of amides is 1. The molecule has 3 N–H and O–H groups in total. The Kier molecular flexibility index (Phi) is 3.96. The fraction of sp³-hybridized carbons (Fsp3) is 0.750. The molecule has 0 radical (unpaired) electrons. The zero-order chi connectivity index (χ0) is 13.0. The van der Waals surface area contributed by atoms with E-state index in [1.165, 1.54) is 0 Å². The Bertz CT molecular complexity index is 408. The van der Waals surface area contributed by atoms with Gasteiger partial charge in [-0.05, 0) is 19.8 Å². The van der Waals surface area contributed by atoms with Crippen LogP contribution in [0.2, 0.25) is 0 Å². The van der Waals surface area contributed by atoms with Crippen molar-refractivity contribution >= 4 is 5.91 Å². The van der Waals surface area contributed by atoms with Gasteiger partial charge in [0, 0.05) is 18.5 Å². The molecular formula is C12H21N5O. The van der Waals surface area contributed by atoms with Crippen LogP contribution in [0.3, 0.4) is 0 Å². The molecule has 1 aromatic rings. The highest BCUT2D eigenvalue weighted by Crippen LogP contribution is 2.29. The fourth-order valence-corrected chi connectivity index (χ4v) is 2.50. The zero-order valence-corrected chi connectivity index (χ0v) is 10.9. The van der Waals surface area contributed by atoms with Crippen molar-refractivity contribution in [3.63, 3.8) is 0 Å². The zero-order valence-electron chi connectivity index (χ0n) is 10.9. The van der Waals surface area contributed by atoms with Gasteiger partial charge in [0.15, 0.2) is 5.82 Å². The largest absolute Gasteiger partial charge is 0.349 e. The summed E-state index contributed by atoms with van der Waals surface area (Å²) in [4.78, 5) is 11.9. The molecule has 2 rings (SSSR count). The molecule has 0 aliphatic heterocycles. The second-order valence-corrected chi connectivity index (χ2v) is 5.06. The highest BCUT2D eigenvalue weighted by atomic mass is 16.1. The summed E-state index contributed by atoms with van der Waals surface area (Å²) in [5.74, 6) is 0.786. The highest BCUT2D eigenvalue weighted by molar-refractivity contribution is 5.77. The molecule has 1 aromatic heterocycles. The number of hydrogen-bond acceptors (Lipinski definition) is 4. The van der Waals surface area contributed by atoms with E-state index in [0.717, 1.165) is 38.1 Å². The Hall–Kier alpha value is -1.43. The SMILES string of the molecule is CCn1cnnc1CNC(=O)CC1(N)CCCC1. The second kappa shape index (κ2) is 5.48. The maximum atomic E-state index is 11.9. The number of carbonyl (C=O) groups excluding carboxylic acids is 1. The van der Waals surface area contributed by atoms with Gasteiger partial charge in [0.2, 0.25) is 5.91 Å². The minimum atomic E-state index is -0.289. The van der Waals surface area contributed by atoms with Gasteiger partial charge in [0.25, 0.3) is 0 Å². The lowest BCUT2D eigenvalue weighted by Crippen LogP contribution is -2.42. The average molecular weight is 251 g/mol. The maximum absolute atomic E-state index is 11.9. The summed E-state index contributed by atoms with van der Waals surface area (Å²) in [6, 6.07) is 0. The molecule has 1 aliphatic rings. The first kappa shape index (κ1) is 13.0. The van der Waals surface area contributed by atoms with Crippen molar-refractivity contribution in [1.29, 1.82) is 0 Å². The lowest BCUT2D eigenvalue weighted by molar-refractivity contribution is -0.122. The number of rotatable bonds is 5. The van der Waals surface area contributed by atoms with Crippen LogP contribution in [0.5, 0.6) is 0 Å². The van der Waals surface area contributed by atoms with Crippen molar-refractivity contribution in [1.82, 2.24) is 20.1 Å². The second-order valence-electron chi connectivity index (χ2n) is 5.06. The average Bonchev–Trinajstić information content (AvgIpc) is 2.95. The van der Waals surface area contributed by atoms with Gasteiger partial charge in [-0.2, -0.15) is 0 Å². The Morgan fingerprint density at radius 3 is 2.94 bits per heavy atom. The van der Waals surface area contributed by atoms with Gasteiger partial charge < -0.3 is 15.6 Å². The lowest BCUT2D eigenvalue weighted by Gasteiger charge is -2.22. The van der Waals surface area contributed by atoms with Crippen LogP contribution < -0.4 is 11.1 Å². The van der Waals surface area contributed by atoms with Crippen LogP contribution in [-0.2, 0) is 17.9 Å². The molecule has 1 aliphatic carbocycles. The van der Waals surface area contributed by atoms with Gasteiger partial charge >= 0.3 is 0 Å². The Balaban J connectivity index is 1.81. The van der Waals surface area contributed by atoms with Crippen molar-refractivity contribution in [2.75, 3.05) is 0 Å². The van der Waals surface area contributed by atoms with E-state index in [4.69, 9.17) is 5.73 Å². The summed E-state index contributed by atoms with van der Waals surface area (Å²) < 4.78 is 1.91. The van der Waals surface area contributed by atoms with Crippen LogP contribution in [0.25, 0.3) is 0 Å². The van der Waals surface area contributed by atoms with E-state index in [9.17, 15) is 4.79 Å². The molecule has 6 nitrogen and oxygen atoms in total. The molecule has 18 heavy (non-hydrogen) atoms. The topological polar surface area (TPSA) is 85.8 Å². The smallest absolute Gasteiger partial charge is 0.222 e. The standard InChI is InChI=1S/C12H21N5O/c1-2-17-9-15-16-10(17)8-14-11(18)7-12(13)5-3-4-6-12/h9H,2-8,13H2,1H3,(H,14,18). The number of hydrogen-bond donors (Lipinski definition) is 2. The third kappa shape index (κ3) is 3.07. The van der Waals surface area contributed by atoms with Crippen LogP contribution in [0.1, 0.15) is 44.9 Å². The van der Waals surface area contributed by atoms with E-state index in [2.05, 4.69) is 15.5 Å². The van der Waals surface area contributed by atoms with Gasteiger partial charge in [0.1, 0.15) is 6.33 Å². The molecule has 1 amide bonds. The number of aromatic nitrogens is 3. The van der Waals surface area contributed by atoms with Gasteiger partial charge in [-0.25, -0.2) is 0 Å². The summed E-state index contributed by atoms with van der Waals surface area (Å²) in [6.07, 6.45) is 6.25. The fourth-order valence-electron chi connectivity index (χ4n) is 2.50. The summed E-state index contributed by atoms with van der Waals surface area (Å²) in [5, 5.41) is 10.7. The van der Waals surface area contributed by atoms with Crippen LogP contribution in [0, 0.1) is 0 Å². The minimum Gasteiger partial charge on any atom is -0.349 e. The van der Waals surface area contributed by atoms with Crippen molar-refractivity contribution < 1.29 is 4.79 Å². The molecule has 1 fully saturated rings. The van der Waals surface area contributed by atoms with E-state index in [1.54, 1.807) is 6.33 Å². The van der Waals surface area contributed by atoms with E-state index < -0.39 is 0 Å². The van der Waals surface area contributed by atoms with E-state index >= 15 is 0 Å². The molecule has 0 spiro atoms. The summed E-state index contributed by atoms with van der Waals surface area (Å²) >= 11 is 0. The van der Waals surface area contributed by atoms with E-state index in [-0.39, 0.29) is 11.4 Å². The molecular weight excluding hydrogens is 230 g/mol. The Morgan fingerprint density at radius 1 is 1.56 bits per heavy atom. The van der Waals surface area contributed by atoms with Crippen LogP contribution in [0.4, 0.5) is 0 Å². The third-order valence-electron chi connectivity index (χ3n) is 3.59. The predicted octanol–water partition coefficient (Wildman–Crippen LogP) is 0.576. The molecule has 0 atom stereocenters. The van der Waals surface area contributed by atoms with Crippen molar-refractivity contribution in [2.45, 2.75) is 57.7 Å². The third-order valence-corrected chi connectivity index (χ3v) is 3.59. The van der Waals surface area contributed by atoms with Crippen molar-refractivity contribution in [2.24, 2.45) is 5.73 Å². The van der Waals surface area contributed by atoms with Gasteiger partial charge in [-0.15, -0.1) is 10.2 Å². The van der Waals surface area contributed by atoms with Gasteiger partial charge in [-0.1, -0.05) is 12.8 Å². The number of nitrogens with zero attached hydrogens (tertiary/aromatic N) is 3. The molecule has 100 valence electrons. The predicted molar refractivity (Wildman–Crippen MR) is 67.5 cm³/mol. The van der Waals surface area contributed by atoms with Crippen LogP contribution in [0.15, 0.2) is 6.33 Å². The van der Waals surface area contributed by atoms with Gasteiger partial charge in [0.05, 0.1) is 6.54 Å². The normalized spacial score (nSPS) is 17.9. The first-order valence-corrected chi connectivity index (χ1v) is 6.55. The molecule has 0 saturated heterocycles. The highest BCUT2D eigenvalue weighted by Gasteiger charge is 2.31. The van der Waals surface area contributed by atoms with Crippen molar-refractivity contribution in [3.8, 4) is 0 Å². The molecule has 1 heterocycles. The number of nitrogens with two attached hydrogens (primary N) is 1. The summed E-state index contributed by atoms with van der Waals surface area (Å²) in [7, 11) is 0. The quantitative estimate of drug-likeness (QED) is 0.801. The molecule has 0 unspecified atom stereocenters. The summed E-state index contributed by atoms with van der Waals surface area (Å²) in [6.45, 7) is 3.24. The maximum Gasteiger partial charge on any atom is 0.222 e. The first-order chi connectivity index (χ1) is 8.63. The minimum absolute atomic E-state index is 0.00468. The molecule has 6 heteroatoms.